The number of pyridine rings is 1. The lowest BCUT2D eigenvalue weighted by atomic mass is 10.4. The second kappa shape index (κ2) is 8.50. The van der Waals surface area contributed by atoms with Crippen molar-refractivity contribution >= 4 is 11.7 Å². The molecule has 6 heteroatoms. The monoisotopic (exact) mass is 279 g/mol. The number of likely N-dealkylation sites (N-methyl/N-ethyl adjacent to an activating group) is 2. The quantitative estimate of drug-likeness (QED) is 0.810. The number of hydrogen-bond donors (Lipinski definition) is 1. The van der Waals surface area contributed by atoms with Crippen LogP contribution in [0.4, 0.5) is 10.5 Å². The maximum atomic E-state index is 12.3. The van der Waals surface area contributed by atoms with Crippen LogP contribution in [0.3, 0.4) is 0 Å². The molecule has 2 amide bonds. The van der Waals surface area contributed by atoms with Gasteiger partial charge in [0.15, 0.2) is 0 Å². The van der Waals surface area contributed by atoms with Crippen LogP contribution in [-0.2, 0) is 0 Å². The van der Waals surface area contributed by atoms with Crippen LogP contribution in [-0.4, -0.2) is 80.1 Å². The molecule has 0 aliphatic heterocycles. The fourth-order valence-corrected chi connectivity index (χ4v) is 1.60. The summed E-state index contributed by atoms with van der Waals surface area (Å²) in [5, 5.41) is 2.88. The molecule has 0 unspecified atom stereocenters. The molecule has 0 atom stereocenters. The lowest BCUT2D eigenvalue weighted by molar-refractivity contribution is 0.198. The molecule has 20 heavy (non-hydrogen) atoms. The Kier molecular flexibility index (Phi) is 6.97. The largest absolute Gasteiger partial charge is 0.322 e. The van der Waals surface area contributed by atoms with E-state index in [1.165, 1.54) is 0 Å². The highest BCUT2D eigenvalue weighted by Crippen LogP contribution is 2.04. The van der Waals surface area contributed by atoms with Crippen LogP contribution in [0.2, 0.25) is 0 Å². The van der Waals surface area contributed by atoms with Gasteiger partial charge in [-0.1, -0.05) is 0 Å². The summed E-state index contributed by atoms with van der Waals surface area (Å²) in [7, 11) is 8.01. The number of anilines is 1. The van der Waals surface area contributed by atoms with Crippen molar-refractivity contribution in [1.29, 1.82) is 0 Å². The van der Waals surface area contributed by atoms with Gasteiger partial charge < -0.3 is 20.0 Å². The van der Waals surface area contributed by atoms with Crippen molar-refractivity contribution in [1.82, 2.24) is 19.7 Å². The number of amides is 2. The van der Waals surface area contributed by atoms with Crippen LogP contribution in [0.5, 0.6) is 0 Å². The highest BCUT2D eigenvalue weighted by molar-refractivity contribution is 5.89. The third kappa shape index (κ3) is 6.49. The fourth-order valence-electron chi connectivity index (χ4n) is 1.60. The maximum Gasteiger partial charge on any atom is 0.321 e. The van der Waals surface area contributed by atoms with Gasteiger partial charge in [0.05, 0.1) is 11.9 Å². The summed E-state index contributed by atoms with van der Waals surface area (Å²) in [5.41, 5.74) is 0.720. The van der Waals surface area contributed by atoms with Crippen LogP contribution >= 0.6 is 0 Å². The molecule has 1 rings (SSSR count). The number of aromatic nitrogens is 1. The average Bonchev–Trinajstić information content (AvgIpc) is 2.39. The maximum absolute atomic E-state index is 12.3. The Labute approximate surface area is 121 Å². The van der Waals surface area contributed by atoms with E-state index < -0.39 is 0 Å². The molecule has 1 N–H and O–H groups in total. The van der Waals surface area contributed by atoms with Crippen molar-refractivity contribution in [2.45, 2.75) is 0 Å². The fraction of sp³-hybridized carbons (Fsp3) is 0.571. The highest BCUT2D eigenvalue weighted by atomic mass is 16.2. The minimum Gasteiger partial charge on any atom is -0.322 e. The molecule has 0 saturated carbocycles. The second-order valence-corrected chi connectivity index (χ2v) is 5.27. The molecular weight excluding hydrogens is 254 g/mol. The van der Waals surface area contributed by atoms with Crippen molar-refractivity contribution in [2.75, 3.05) is 59.7 Å². The van der Waals surface area contributed by atoms with Gasteiger partial charge in [-0.3, -0.25) is 4.98 Å². The molecule has 0 saturated heterocycles. The molecule has 1 heterocycles. The molecular formula is C14H25N5O. The number of hydrogen-bond acceptors (Lipinski definition) is 4. The van der Waals surface area contributed by atoms with Crippen LogP contribution < -0.4 is 5.32 Å². The van der Waals surface area contributed by atoms with Crippen molar-refractivity contribution in [3.63, 3.8) is 0 Å². The molecule has 6 nitrogen and oxygen atoms in total. The van der Waals surface area contributed by atoms with Crippen molar-refractivity contribution in [2.24, 2.45) is 0 Å². The minimum atomic E-state index is -0.0818. The van der Waals surface area contributed by atoms with E-state index in [0.717, 1.165) is 18.8 Å². The average molecular weight is 279 g/mol. The zero-order valence-electron chi connectivity index (χ0n) is 12.8. The zero-order valence-corrected chi connectivity index (χ0v) is 12.8. The van der Waals surface area contributed by atoms with Gasteiger partial charge in [-0.05, 0) is 40.3 Å². The van der Waals surface area contributed by atoms with Gasteiger partial charge in [0.25, 0.3) is 0 Å². The molecule has 0 bridgehead atoms. The summed E-state index contributed by atoms with van der Waals surface area (Å²) in [4.78, 5) is 22.2. The van der Waals surface area contributed by atoms with Gasteiger partial charge in [-0.2, -0.15) is 0 Å². The first-order chi connectivity index (χ1) is 9.49. The summed E-state index contributed by atoms with van der Waals surface area (Å²) in [5.74, 6) is 0. The summed E-state index contributed by atoms with van der Waals surface area (Å²) in [6, 6.07) is 3.56. The van der Waals surface area contributed by atoms with Gasteiger partial charge in [0.1, 0.15) is 0 Å². The van der Waals surface area contributed by atoms with E-state index in [4.69, 9.17) is 0 Å². The molecule has 1 aromatic heterocycles. The Morgan fingerprint density at radius 3 is 2.15 bits per heavy atom. The van der Waals surface area contributed by atoms with Crippen LogP contribution in [0, 0.1) is 0 Å². The van der Waals surface area contributed by atoms with Crippen LogP contribution in [0.25, 0.3) is 0 Å². The summed E-state index contributed by atoms with van der Waals surface area (Å²) in [6.07, 6.45) is 3.33. The first-order valence-electron chi connectivity index (χ1n) is 6.74. The van der Waals surface area contributed by atoms with E-state index in [0.29, 0.717) is 13.1 Å². The third-order valence-corrected chi connectivity index (χ3v) is 2.83. The summed E-state index contributed by atoms with van der Waals surface area (Å²) >= 11 is 0. The van der Waals surface area contributed by atoms with Crippen LogP contribution in [0.1, 0.15) is 0 Å². The Morgan fingerprint density at radius 1 is 1.10 bits per heavy atom. The molecule has 0 aliphatic carbocycles. The normalized spacial score (nSPS) is 10.9. The van der Waals surface area contributed by atoms with Crippen molar-refractivity contribution in [3.05, 3.63) is 24.5 Å². The minimum absolute atomic E-state index is 0.0818. The number of urea groups is 1. The van der Waals surface area contributed by atoms with Gasteiger partial charge in [-0.25, -0.2) is 4.79 Å². The van der Waals surface area contributed by atoms with E-state index in [2.05, 4.69) is 20.1 Å². The first kappa shape index (κ1) is 16.4. The van der Waals surface area contributed by atoms with Gasteiger partial charge in [-0.15, -0.1) is 0 Å². The Morgan fingerprint density at radius 2 is 1.70 bits per heavy atom. The second-order valence-electron chi connectivity index (χ2n) is 5.27. The predicted molar refractivity (Wildman–Crippen MR) is 81.9 cm³/mol. The lowest BCUT2D eigenvalue weighted by Gasteiger charge is -2.26. The Bertz CT molecular complexity index is 382. The van der Waals surface area contributed by atoms with Gasteiger partial charge >= 0.3 is 6.03 Å². The Balaban J connectivity index is 2.58. The van der Waals surface area contributed by atoms with E-state index >= 15 is 0 Å². The van der Waals surface area contributed by atoms with E-state index in [1.807, 2.05) is 39.2 Å². The molecule has 0 radical (unpaired) electrons. The number of carbonyl (C=O) groups excluding carboxylic acids is 1. The molecule has 1 aromatic rings. The molecule has 0 aliphatic rings. The molecule has 0 aromatic carbocycles. The van der Waals surface area contributed by atoms with E-state index in [1.54, 1.807) is 18.5 Å². The highest BCUT2D eigenvalue weighted by Gasteiger charge is 2.13. The summed E-state index contributed by atoms with van der Waals surface area (Å²) < 4.78 is 0. The van der Waals surface area contributed by atoms with E-state index in [9.17, 15) is 4.79 Å². The van der Waals surface area contributed by atoms with Crippen LogP contribution in [0.15, 0.2) is 24.5 Å². The van der Waals surface area contributed by atoms with Crippen molar-refractivity contribution in [3.8, 4) is 0 Å². The van der Waals surface area contributed by atoms with E-state index in [-0.39, 0.29) is 6.03 Å². The molecule has 0 fully saturated rings. The SMILES string of the molecule is CN(C)CCN(CCN(C)C)C(=O)Nc1cccnc1. The topological polar surface area (TPSA) is 51.7 Å². The number of rotatable bonds is 7. The number of nitrogens with one attached hydrogen (secondary N) is 1. The number of carbonyl (C=O) groups is 1. The predicted octanol–water partition coefficient (Wildman–Crippen LogP) is 1.04. The molecule has 0 spiro atoms. The summed E-state index contributed by atoms with van der Waals surface area (Å²) in [6.45, 7) is 3.08. The lowest BCUT2D eigenvalue weighted by Crippen LogP contribution is -2.42. The Hall–Kier alpha value is -1.66. The van der Waals surface area contributed by atoms with Gasteiger partial charge in [0.2, 0.25) is 0 Å². The number of nitrogens with zero attached hydrogens (tertiary/aromatic N) is 4. The smallest absolute Gasteiger partial charge is 0.321 e. The third-order valence-electron chi connectivity index (χ3n) is 2.83. The van der Waals surface area contributed by atoms with Crippen molar-refractivity contribution < 1.29 is 4.79 Å². The zero-order chi connectivity index (χ0) is 15.0. The standard InChI is InChI=1S/C14H25N5O/c1-17(2)8-10-19(11-9-18(3)4)14(20)16-13-6-5-7-15-12-13/h5-7,12H,8-11H2,1-4H3,(H,16,20). The first-order valence-corrected chi connectivity index (χ1v) is 6.74. The van der Waals surface area contributed by atoms with Gasteiger partial charge in [0, 0.05) is 32.4 Å². The molecule has 112 valence electrons.